The van der Waals surface area contributed by atoms with E-state index < -0.39 is 6.09 Å². The molecule has 0 spiro atoms. The molecule has 1 aromatic carbocycles. The second-order valence-electron chi connectivity index (χ2n) is 9.89. The number of benzene rings is 1. The minimum absolute atomic E-state index is 0.0638. The van der Waals surface area contributed by atoms with Crippen molar-refractivity contribution < 1.29 is 19.1 Å². The number of ether oxygens (including phenoxy) is 2. The number of aromatic nitrogens is 3. The molecule has 0 saturated carbocycles. The van der Waals surface area contributed by atoms with E-state index in [1.165, 1.54) is 0 Å². The SMILES string of the molecule is COc1ccc(-n2nc(C(=O)N3CCCCC3)cc2-c2ccc(COC(=O)NC(C)(C)C)cc2)cn1. The van der Waals surface area contributed by atoms with Gasteiger partial charge in [0.1, 0.15) is 6.61 Å². The molecule has 1 fully saturated rings. The smallest absolute Gasteiger partial charge is 0.407 e. The van der Waals surface area contributed by atoms with Crippen LogP contribution in [0.25, 0.3) is 16.9 Å². The van der Waals surface area contributed by atoms with Crippen molar-refractivity contribution in [2.24, 2.45) is 0 Å². The van der Waals surface area contributed by atoms with Crippen LogP contribution in [-0.2, 0) is 11.3 Å². The van der Waals surface area contributed by atoms with Gasteiger partial charge in [0.05, 0.1) is 24.7 Å². The maximum atomic E-state index is 13.2. The number of methoxy groups -OCH3 is 1. The van der Waals surface area contributed by atoms with E-state index in [1.54, 1.807) is 24.1 Å². The fourth-order valence-electron chi connectivity index (χ4n) is 4.03. The second-order valence-corrected chi connectivity index (χ2v) is 9.89. The Bertz CT molecular complexity index is 1190. The average molecular weight is 492 g/mol. The Balaban J connectivity index is 1.59. The Morgan fingerprint density at radius 2 is 1.75 bits per heavy atom. The number of amides is 2. The van der Waals surface area contributed by atoms with Gasteiger partial charge in [-0.05, 0) is 57.7 Å². The Morgan fingerprint density at radius 3 is 2.36 bits per heavy atom. The summed E-state index contributed by atoms with van der Waals surface area (Å²) < 4.78 is 12.2. The fourth-order valence-corrected chi connectivity index (χ4v) is 4.03. The molecule has 0 atom stereocenters. The van der Waals surface area contributed by atoms with Crippen LogP contribution in [0.5, 0.6) is 5.88 Å². The summed E-state index contributed by atoms with van der Waals surface area (Å²) in [7, 11) is 1.56. The predicted octanol–water partition coefficient (Wildman–Crippen LogP) is 4.59. The van der Waals surface area contributed by atoms with Gasteiger partial charge in [0.2, 0.25) is 5.88 Å². The number of nitrogens with zero attached hydrogens (tertiary/aromatic N) is 4. The van der Waals surface area contributed by atoms with Gasteiger partial charge in [-0.2, -0.15) is 5.10 Å². The molecular formula is C27H33N5O4. The predicted molar refractivity (Wildman–Crippen MR) is 136 cm³/mol. The standard InChI is InChI=1S/C27H33N5O4/c1-27(2,3)29-26(34)36-18-19-8-10-20(11-9-19)23-16-22(25(33)31-14-6-5-7-15-31)30-32(23)21-12-13-24(35-4)28-17-21/h8-13,16-17H,5-7,14-15,18H2,1-4H3,(H,29,34). The van der Waals surface area contributed by atoms with Crippen molar-refractivity contribution in [3.8, 4) is 22.8 Å². The monoisotopic (exact) mass is 491 g/mol. The van der Waals surface area contributed by atoms with Crippen LogP contribution in [0.15, 0.2) is 48.7 Å². The zero-order chi connectivity index (χ0) is 25.7. The quantitative estimate of drug-likeness (QED) is 0.541. The zero-order valence-electron chi connectivity index (χ0n) is 21.3. The Labute approximate surface area is 211 Å². The van der Waals surface area contributed by atoms with E-state index in [0.717, 1.165) is 54.9 Å². The van der Waals surface area contributed by atoms with Crippen LogP contribution in [0.1, 0.15) is 56.1 Å². The Kier molecular flexibility index (Phi) is 7.57. The molecule has 3 heterocycles. The number of nitrogens with one attached hydrogen (secondary N) is 1. The summed E-state index contributed by atoms with van der Waals surface area (Å²) in [5, 5.41) is 7.45. The van der Waals surface area contributed by atoms with E-state index in [1.807, 2.05) is 62.1 Å². The molecule has 2 amide bonds. The van der Waals surface area contributed by atoms with Gasteiger partial charge in [0.15, 0.2) is 5.69 Å². The van der Waals surface area contributed by atoms with Crippen LogP contribution in [0.2, 0.25) is 0 Å². The van der Waals surface area contributed by atoms with Crippen LogP contribution < -0.4 is 10.1 Å². The molecule has 0 radical (unpaired) electrons. The lowest BCUT2D eigenvalue weighted by atomic mass is 10.1. The van der Waals surface area contributed by atoms with E-state index in [4.69, 9.17) is 9.47 Å². The van der Waals surface area contributed by atoms with E-state index in [2.05, 4.69) is 15.4 Å². The van der Waals surface area contributed by atoms with Gasteiger partial charge in [0.25, 0.3) is 5.91 Å². The van der Waals surface area contributed by atoms with Crippen molar-refractivity contribution in [3.05, 3.63) is 59.9 Å². The molecular weight excluding hydrogens is 458 g/mol. The fraction of sp³-hybridized carbons (Fsp3) is 0.407. The van der Waals surface area contributed by atoms with Crippen molar-refractivity contribution in [1.82, 2.24) is 25.0 Å². The number of pyridine rings is 1. The molecule has 2 aromatic heterocycles. The maximum absolute atomic E-state index is 13.2. The third-order valence-corrected chi connectivity index (χ3v) is 5.84. The molecule has 1 N–H and O–H groups in total. The minimum atomic E-state index is -0.461. The molecule has 190 valence electrons. The minimum Gasteiger partial charge on any atom is -0.481 e. The average Bonchev–Trinajstić information content (AvgIpc) is 3.32. The topological polar surface area (TPSA) is 98.6 Å². The van der Waals surface area contributed by atoms with E-state index in [0.29, 0.717) is 11.6 Å². The number of alkyl carbamates (subject to hydrolysis) is 1. The number of likely N-dealkylation sites (tertiary alicyclic amines) is 1. The highest BCUT2D eigenvalue weighted by atomic mass is 16.5. The van der Waals surface area contributed by atoms with Crippen LogP contribution in [0.4, 0.5) is 4.79 Å². The number of hydrogen-bond donors (Lipinski definition) is 1. The van der Waals surface area contributed by atoms with Crippen molar-refractivity contribution in [2.75, 3.05) is 20.2 Å². The molecule has 9 nitrogen and oxygen atoms in total. The van der Waals surface area contributed by atoms with Crippen LogP contribution in [0.3, 0.4) is 0 Å². The van der Waals surface area contributed by atoms with Crippen LogP contribution >= 0.6 is 0 Å². The Hall–Kier alpha value is -3.88. The van der Waals surface area contributed by atoms with Crippen LogP contribution in [-0.4, -0.2) is 57.4 Å². The normalized spacial score (nSPS) is 13.8. The van der Waals surface area contributed by atoms with Crippen molar-refractivity contribution >= 4 is 12.0 Å². The van der Waals surface area contributed by atoms with E-state index in [-0.39, 0.29) is 18.1 Å². The van der Waals surface area contributed by atoms with Crippen LogP contribution in [0, 0.1) is 0 Å². The number of carbonyl (C=O) groups is 2. The number of carbonyl (C=O) groups excluding carboxylic acids is 2. The number of rotatable bonds is 6. The number of piperidine rings is 1. The summed E-state index contributed by atoms with van der Waals surface area (Å²) in [4.78, 5) is 31.3. The first-order valence-corrected chi connectivity index (χ1v) is 12.2. The first kappa shape index (κ1) is 25.2. The van der Waals surface area contributed by atoms with Gasteiger partial charge in [0, 0.05) is 30.3 Å². The molecule has 1 aliphatic heterocycles. The molecule has 0 unspecified atom stereocenters. The van der Waals surface area contributed by atoms with Crippen molar-refractivity contribution in [1.29, 1.82) is 0 Å². The van der Waals surface area contributed by atoms with Gasteiger partial charge >= 0.3 is 6.09 Å². The zero-order valence-corrected chi connectivity index (χ0v) is 21.3. The summed E-state index contributed by atoms with van der Waals surface area (Å²) in [5.41, 5.74) is 3.24. The molecule has 36 heavy (non-hydrogen) atoms. The third-order valence-electron chi connectivity index (χ3n) is 5.84. The lowest BCUT2D eigenvalue weighted by Gasteiger charge is -2.25. The first-order chi connectivity index (χ1) is 17.2. The summed E-state index contributed by atoms with van der Waals surface area (Å²) in [6.45, 7) is 7.35. The molecule has 3 aromatic rings. The molecule has 0 bridgehead atoms. The molecule has 4 rings (SSSR count). The van der Waals surface area contributed by atoms with Gasteiger partial charge in [-0.15, -0.1) is 0 Å². The lowest BCUT2D eigenvalue weighted by Crippen LogP contribution is -2.40. The molecule has 0 aliphatic carbocycles. The highest BCUT2D eigenvalue weighted by molar-refractivity contribution is 5.93. The summed E-state index contributed by atoms with van der Waals surface area (Å²) in [5.74, 6) is 0.433. The molecule has 1 aliphatic rings. The molecule has 1 saturated heterocycles. The van der Waals surface area contributed by atoms with Gasteiger partial charge in [-0.25, -0.2) is 14.5 Å². The largest absolute Gasteiger partial charge is 0.481 e. The second kappa shape index (κ2) is 10.8. The lowest BCUT2D eigenvalue weighted by molar-refractivity contribution is 0.0717. The van der Waals surface area contributed by atoms with Crippen molar-refractivity contribution in [2.45, 2.75) is 52.2 Å². The van der Waals surface area contributed by atoms with E-state index >= 15 is 0 Å². The van der Waals surface area contributed by atoms with Gasteiger partial charge in [-0.1, -0.05) is 24.3 Å². The third kappa shape index (κ3) is 6.21. The van der Waals surface area contributed by atoms with Gasteiger partial charge < -0.3 is 19.7 Å². The van der Waals surface area contributed by atoms with Gasteiger partial charge in [-0.3, -0.25) is 4.79 Å². The summed E-state index contributed by atoms with van der Waals surface area (Å²) in [6, 6.07) is 13.1. The van der Waals surface area contributed by atoms with Crippen molar-refractivity contribution in [3.63, 3.8) is 0 Å². The Morgan fingerprint density at radius 1 is 1.03 bits per heavy atom. The highest BCUT2D eigenvalue weighted by Gasteiger charge is 2.23. The highest BCUT2D eigenvalue weighted by Crippen LogP contribution is 2.26. The first-order valence-electron chi connectivity index (χ1n) is 12.2. The van der Waals surface area contributed by atoms with E-state index in [9.17, 15) is 9.59 Å². The summed E-state index contributed by atoms with van der Waals surface area (Å²) >= 11 is 0. The number of hydrogen-bond acceptors (Lipinski definition) is 6. The summed E-state index contributed by atoms with van der Waals surface area (Å²) in [6.07, 6.45) is 4.38. The molecule has 9 heteroatoms. The maximum Gasteiger partial charge on any atom is 0.407 e.